The van der Waals surface area contributed by atoms with Crippen LogP contribution in [0.3, 0.4) is 0 Å². The molecule has 0 unspecified atom stereocenters. The standard InChI is InChI=1S/C8H5BrClNO/c1-4-2-3-5-7(6(4)9)12-8(10)11-5/h2-3H,1H3. The largest absolute Gasteiger partial charge is 0.426 e. The molecule has 0 spiro atoms. The number of nitrogens with zero attached hydrogens (tertiary/aromatic N) is 1. The molecule has 62 valence electrons. The van der Waals surface area contributed by atoms with E-state index in [0.717, 1.165) is 15.6 Å². The van der Waals surface area contributed by atoms with E-state index in [4.69, 9.17) is 16.0 Å². The quantitative estimate of drug-likeness (QED) is 0.710. The zero-order chi connectivity index (χ0) is 8.72. The number of aryl methyl sites for hydroxylation is 1. The summed E-state index contributed by atoms with van der Waals surface area (Å²) in [5.41, 5.74) is 2.59. The van der Waals surface area contributed by atoms with Crippen molar-refractivity contribution in [2.75, 3.05) is 0 Å². The van der Waals surface area contributed by atoms with Crippen LogP contribution < -0.4 is 0 Å². The Morgan fingerprint density at radius 1 is 1.50 bits per heavy atom. The topological polar surface area (TPSA) is 26.0 Å². The van der Waals surface area contributed by atoms with Crippen LogP contribution in [0.5, 0.6) is 0 Å². The predicted octanol–water partition coefficient (Wildman–Crippen LogP) is 3.55. The lowest BCUT2D eigenvalue weighted by Crippen LogP contribution is -1.75. The van der Waals surface area contributed by atoms with Gasteiger partial charge in [-0.1, -0.05) is 6.07 Å². The molecule has 0 saturated carbocycles. The first-order valence-corrected chi connectivity index (χ1v) is 4.57. The fourth-order valence-electron chi connectivity index (χ4n) is 1.03. The molecule has 0 radical (unpaired) electrons. The van der Waals surface area contributed by atoms with Crippen LogP contribution >= 0.6 is 27.5 Å². The monoisotopic (exact) mass is 245 g/mol. The lowest BCUT2D eigenvalue weighted by atomic mass is 10.2. The fourth-order valence-corrected chi connectivity index (χ4v) is 1.62. The number of rotatable bonds is 0. The Labute approximate surface area is 82.7 Å². The Kier molecular flexibility index (Phi) is 1.85. The Hall–Kier alpha value is -0.540. The molecule has 0 fully saturated rings. The van der Waals surface area contributed by atoms with E-state index in [1.54, 1.807) is 0 Å². The third-order valence-electron chi connectivity index (χ3n) is 1.66. The van der Waals surface area contributed by atoms with Crippen LogP contribution in [0.1, 0.15) is 5.56 Å². The van der Waals surface area contributed by atoms with E-state index in [0.29, 0.717) is 5.58 Å². The summed E-state index contributed by atoms with van der Waals surface area (Å²) in [5.74, 6) is 0. The van der Waals surface area contributed by atoms with Gasteiger partial charge in [0, 0.05) is 0 Å². The van der Waals surface area contributed by atoms with Gasteiger partial charge >= 0.3 is 0 Å². The molecule has 2 aromatic rings. The van der Waals surface area contributed by atoms with Gasteiger partial charge in [0.05, 0.1) is 4.47 Å². The maximum Gasteiger partial charge on any atom is 0.293 e. The molecule has 4 heteroatoms. The maximum absolute atomic E-state index is 5.61. The number of hydrogen-bond acceptors (Lipinski definition) is 2. The second-order valence-corrected chi connectivity index (χ2v) is 3.63. The molecule has 0 aliphatic heterocycles. The molecule has 0 bridgehead atoms. The average molecular weight is 246 g/mol. The normalized spacial score (nSPS) is 10.9. The van der Waals surface area contributed by atoms with E-state index >= 15 is 0 Å². The van der Waals surface area contributed by atoms with Crippen LogP contribution in [0.4, 0.5) is 0 Å². The molecule has 0 atom stereocenters. The number of halogens is 2. The van der Waals surface area contributed by atoms with Gasteiger partial charge in [0.15, 0.2) is 5.58 Å². The highest BCUT2D eigenvalue weighted by molar-refractivity contribution is 9.10. The van der Waals surface area contributed by atoms with Crippen LogP contribution in [-0.4, -0.2) is 4.98 Å². The summed E-state index contributed by atoms with van der Waals surface area (Å²) in [4.78, 5) is 3.98. The Morgan fingerprint density at radius 2 is 2.25 bits per heavy atom. The van der Waals surface area contributed by atoms with E-state index in [9.17, 15) is 0 Å². The Balaban J connectivity index is 2.89. The highest BCUT2D eigenvalue weighted by atomic mass is 79.9. The Morgan fingerprint density at radius 3 is 3.00 bits per heavy atom. The van der Waals surface area contributed by atoms with E-state index < -0.39 is 0 Å². The number of oxazole rings is 1. The second kappa shape index (κ2) is 2.75. The number of fused-ring (bicyclic) bond motifs is 1. The third-order valence-corrected chi connectivity index (χ3v) is 2.81. The van der Waals surface area contributed by atoms with Crippen molar-refractivity contribution in [2.45, 2.75) is 6.92 Å². The molecule has 0 aliphatic carbocycles. The van der Waals surface area contributed by atoms with Crippen LogP contribution in [-0.2, 0) is 0 Å². The zero-order valence-electron chi connectivity index (χ0n) is 6.27. The number of hydrogen-bond donors (Lipinski definition) is 0. The van der Waals surface area contributed by atoms with Gasteiger partial charge in [-0.25, -0.2) is 0 Å². The van der Waals surface area contributed by atoms with Gasteiger partial charge < -0.3 is 4.42 Å². The zero-order valence-corrected chi connectivity index (χ0v) is 8.61. The van der Waals surface area contributed by atoms with Crippen molar-refractivity contribution < 1.29 is 4.42 Å². The van der Waals surface area contributed by atoms with Crippen molar-refractivity contribution >= 4 is 38.6 Å². The van der Waals surface area contributed by atoms with Gasteiger partial charge in [-0.05, 0) is 46.1 Å². The first-order chi connectivity index (χ1) is 5.68. The molecule has 1 aromatic heterocycles. The Bertz CT molecular complexity index is 438. The van der Waals surface area contributed by atoms with Crippen molar-refractivity contribution in [3.05, 3.63) is 27.5 Å². The highest BCUT2D eigenvalue weighted by Gasteiger charge is 2.08. The van der Waals surface area contributed by atoms with Gasteiger partial charge in [-0.15, -0.1) is 0 Å². The van der Waals surface area contributed by atoms with Gasteiger partial charge in [0.1, 0.15) is 5.52 Å². The van der Waals surface area contributed by atoms with Crippen molar-refractivity contribution in [3.8, 4) is 0 Å². The molecule has 12 heavy (non-hydrogen) atoms. The summed E-state index contributed by atoms with van der Waals surface area (Å²) in [6, 6.07) is 3.84. The molecule has 0 amide bonds. The van der Waals surface area contributed by atoms with Crippen LogP contribution in [0.2, 0.25) is 5.35 Å². The molecule has 1 aromatic carbocycles. The minimum atomic E-state index is 0.177. The first-order valence-electron chi connectivity index (χ1n) is 3.39. The molecular weight excluding hydrogens is 241 g/mol. The smallest absolute Gasteiger partial charge is 0.293 e. The summed E-state index contributed by atoms with van der Waals surface area (Å²) in [7, 11) is 0. The molecular formula is C8H5BrClNO. The SMILES string of the molecule is Cc1ccc2nc(Cl)oc2c1Br. The van der Waals surface area contributed by atoms with E-state index in [2.05, 4.69) is 20.9 Å². The second-order valence-electron chi connectivity index (χ2n) is 2.51. The molecule has 0 aliphatic rings. The van der Waals surface area contributed by atoms with E-state index in [1.807, 2.05) is 19.1 Å². The molecule has 0 N–H and O–H groups in total. The molecule has 2 rings (SSSR count). The predicted molar refractivity (Wildman–Crippen MR) is 51.5 cm³/mol. The fraction of sp³-hybridized carbons (Fsp3) is 0.125. The number of aromatic nitrogens is 1. The van der Waals surface area contributed by atoms with Crippen LogP contribution in [0.25, 0.3) is 11.1 Å². The summed E-state index contributed by atoms with van der Waals surface area (Å²) in [5, 5.41) is 0.177. The molecule has 0 saturated heterocycles. The van der Waals surface area contributed by atoms with Crippen molar-refractivity contribution in [1.29, 1.82) is 0 Å². The summed E-state index contributed by atoms with van der Waals surface area (Å²) in [6.45, 7) is 1.99. The van der Waals surface area contributed by atoms with Crippen molar-refractivity contribution in [3.63, 3.8) is 0 Å². The summed E-state index contributed by atoms with van der Waals surface area (Å²) >= 11 is 9.01. The van der Waals surface area contributed by atoms with E-state index in [-0.39, 0.29) is 5.35 Å². The molecule has 1 heterocycles. The minimum absolute atomic E-state index is 0.177. The summed E-state index contributed by atoms with van der Waals surface area (Å²) < 4.78 is 6.10. The van der Waals surface area contributed by atoms with E-state index in [1.165, 1.54) is 0 Å². The maximum atomic E-state index is 5.61. The van der Waals surface area contributed by atoms with Crippen LogP contribution in [0.15, 0.2) is 21.0 Å². The van der Waals surface area contributed by atoms with Crippen LogP contribution in [0, 0.1) is 6.92 Å². The third kappa shape index (κ3) is 1.13. The lowest BCUT2D eigenvalue weighted by Gasteiger charge is -1.94. The lowest BCUT2D eigenvalue weighted by molar-refractivity contribution is 0.602. The van der Waals surface area contributed by atoms with Gasteiger partial charge in [-0.3, -0.25) is 0 Å². The molecule has 2 nitrogen and oxygen atoms in total. The van der Waals surface area contributed by atoms with Gasteiger partial charge in [0.25, 0.3) is 5.35 Å². The highest BCUT2D eigenvalue weighted by Crippen LogP contribution is 2.29. The van der Waals surface area contributed by atoms with Crippen molar-refractivity contribution in [1.82, 2.24) is 4.98 Å². The summed E-state index contributed by atoms with van der Waals surface area (Å²) in [6.07, 6.45) is 0. The van der Waals surface area contributed by atoms with Gasteiger partial charge in [0.2, 0.25) is 0 Å². The van der Waals surface area contributed by atoms with Crippen molar-refractivity contribution in [2.24, 2.45) is 0 Å². The van der Waals surface area contributed by atoms with Gasteiger partial charge in [-0.2, -0.15) is 4.98 Å². The first kappa shape index (κ1) is 8.08. The minimum Gasteiger partial charge on any atom is -0.426 e. The number of benzene rings is 1. The average Bonchev–Trinajstić information content (AvgIpc) is 2.39.